The summed E-state index contributed by atoms with van der Waals surface area (Å²) < 4.78 is 23.3. The van der Waals surface area contributed by atoms with Crippen molar-refractivity contribution in [3.8, 4) is 0 Å². The van der Waals surface area contributed by atoms with Crippen molar-refractivity contribution >= 4 is 41.6 Å². The van der Waals surface area contributed by atoms with Gasteiger partial charge in [-0.3, -0.25) is 4.79 Å². The number of nitrogens with one attached hydrogen (secondary N) is 1. The van der Waals surface area contributed by atoms with Crippen LogP contribution >= 0.6 is 26.6 Å². The Hall–Kier alpha value is -0.590. The molecular formula is C12H15BrClNO3S. The largest absolute Gasteiger partial charge is 0.352 e. The van der Waals surface area contributed by atoms with Crippen molar-refractivity contribution in [2.75, 3.05) is 6.54 Å². The normalized spacial score (nSPS) is 11.7. The average Bonchev–Trinajstić information content (AvgIpc) is 2.27. The highest BCUT2D eigenvalue weighted by atomic mass is 79.9. The molecule has 0 bridgehead atoms. The van der Waals surface area contributed by atoms with Gasteiger partial charge in [-0.15, -0.1) is 0 Å². The van der Waals surface area contributed by atoms with Gasteiger partial charge in [-0.25, -0.2) is 8.42 Å². The van der Waals surface area contributed by atoms with Crippen LogP contribution in [-0.4, -0.2) is 20.9 Å². The summed E-state index contributed by atoms with van der Waals surface area (Å²) in [5.74, 6) is 0.00240. The Bertz CT molecular complexity index is 599. The van der Waals surface area contributed by atoms with E-state index < -0.39 is 9.05 Å². The zero-order chi connectivity index (χ0) is 14.8. The molecule has 1 aromatic rings. The highest BCUT2D eigenvalue weighted by Crippen LogP contribution is 2.29. The molecule has 7 heteroatoms. The molecule has 0 atom stereocenters. The Balaban J connectivity index is 3.18. The van der Waals surface area contributed by atoms with Crippen LogP contribution in [-0.2, 0) is 9.05 Å². The highest BCUT2D eigenvalue weighted by Gasteiger charge is 2.19. The number of amides is 1. The standard InChI is InChI=1S/C12H15BrClNO3S/c1-7(2)6-15-12(16)9-4-8(3)11(13)10(5-9)19(14,17)18/h4-5,7H,6H2,1-3H3,(H,15,16). The first-order valence-electron chi connectivity index (χ1n) is 5.66. The van der Waals surface area contributed by atoms with Crippen LogP contribution in [0.4, 0.5) is 0 Å². The number of halogens is 2. The van der Waals surface area contributed by atoms with E-state index in [2.05, 4.69) is 21.2 Å². The minimum absolute atomic E-state index is 0.0936. The molecule has 0 fully saturated rings. The molecule has 0 unspecified atom stereocenters. The molecule has 1 N–H and O–H groups in total. The van der Waals surface area contributed by atoms with E-state index in [1.165, 1.54) is 6.07 Å². The second-order valence-electron chi connectivity index (χ2n) is 4.65. The maximum Gasteiger partial charge on any atom is 0.262 e. The van der Waals surface area contributed by atoms with Gasteiger partial charge in [-0.05, 0) is 46.5 Å². The molecule has 0 radical (unpaired) electrons. The van der Waals surface area contributed by atoms with Crippen LogP contribution in [0.3, 0.4) is 0 Å². The van der Waals surface area contributed by atoms with Gasteiger partial charge in [0.25, 0.3) is 15.0 Å². The lowest BCUT2D eigenvalue weighted by atomic mass is 10.1. The van der Waals surface area contributed by atoms with Crippen LogP contribution in [0, 0.1) is 12.8 Å². The van der Waals surface area contributed by atoms with E-state index in [4.69, 9.17) is 10.7 Å². The third-order valence-electron chi connectivity index (χ3n) is 2.42. The molecule has 4 nitrogen and oxygen atoms in total. The lowest BCUT2D eigenvalue weighted by molar-refractivity contribution is 0.0948. The molecule has 0 saturated heterocycles. The molecule has 0 aliphatic heterocycles. The minimum atomic E-state index is -3.90. The van der Waals surface area contributed by atoms with E-state index in [0.717, 1.165) is 0 Å². The minimum Gasteiger partial charge on any atom is -0.352 e. The summed E-state index contributed by atoms with van der Waals surface area (Å²) in [5.41, 5.74) is 0.914. The summed E-state index contributed by atoms with van der Waals surface area (Å²) in [6.07, 6.45) is 0. The summed E-state index contributed by atoms with van der Waals surface area (Å²) in [6.45, 7) is 6.18. The van der Waals surface area contributed by atoms with Crippen molar-refractivity contribution in [2.24, 2.45) is 5.92 Å². The van der Waals surface area contributed by atoms with Crippen LogP contribution in [0.15, 0.2) is 21.5 Å². The van der Waals surface area contributed by atoms with Crippen LogP contribution in [0.2, 0.25) is 0 Å². The predicted octanol–water partition coefficient (Wildman–Crippen LogP) is 3.07. The van der Waals surface area contributed by atoms with Crippen molar-refractivity contribution in [3.63, 3.8) is 0 Å². The Morgan fingerprint density at radius 2 is 2.00 bits per heavy atom. The Labute approximate surface area is 126 Å². The quantitative estimate of drug-likeness (QED) is 0.831. The molecule has 1 amide bonds. The number of benzene rings is 1. The van der Waals surface area contributed by atoms with Crippen molar-refractivity contribution in [1.82, 2.24) is 5.32 Å². The monoisotopic (exact) mass is 367 g/mol. The molecule has 19 heavy (non-hydrogen) atoms. The molecule has 1 rings (SSSR count). The molecule has 0 aliphatic rings. The van der Waals surface area contributed by atoms with Gasteiger partial charge in [0.1, 0.15) is 0 Å². The van der Waals surface area contributed by atoms with Gasteiger partial charge in [0.15, 0.2) is 0 Å². The topological polar surface area (TPSA) is 63.2 Å². The van der Waals surface area contributed by atoms with Gasteiger partial charge >= 0.3 is 0 Å². The van der Waals surface area contributed by atoms with Gasteiger partial charge in [-0.1, -0.05) is 13.8 Å². The molecule has 0 spiro atoms. The number of carbonyl (C=O) groups is 1. The first kappa shape index (κ1) is 16.5. The number of hydrogen-bond acceptors (Lipinski definition) is 3. The van der Waals surface area contributed by atoms with E-state index in [1.54, 1.807) is 13.0 Å². The van der Waals surface area contributed by atoms with Gasteiger partial charge in [0, 0.05) is 27.3 Å². The molecule has 106 valence electrons. The second kappa shape index (κ2) is 6.24. The van der Waals surface area contributed by atoms with E-state index in [-0.39, 0.29) is 16.4 Å². The third kappa shape index (κ3) is 4.47. The third-order valence-corrected chi connectivity index (χ3v) is 5.08. The van der Waals surface area contributed by atoms with Gasteiger partial charge in [-0.2, -0.15) is 0 Å². The van der Waals surface area contributed by atoms with Crippen LogP contribution in [0.5, 0.6) is 0 Å². The van der Waals surface area contributed by atoms with Crippen molar-refractivity contribution in [2.45, 2.75) is 25.7 Å². The van der Waals surface area contributed by atoms with Gasteiger partial charge in [0.2, 0.25) is 0 Å². The summed E-state index contributed by atoms with van der Waals surface area (Å²) in [5, 5.41) is 2.73. The zero-order valence-electron chi connectivity index (χ0n) is 10.8. The average molecular weight is 369 g/mol. The smallest absolute Gasteiger partial charge is 0.262 e. The second-order valence-corrected chi connectivity index (χ2v) is 7.97. The summed E-state index contributed by atoms with van der Waals surface area (Å²) >= 11 is 3.17. The predicted molar refractivity (Wildman–Crippen MR) is 79.1 cm³/mol. The lowest BCUT2D eigenvalue weighted by Crippen LogP contribution is -2.27. The fourth-order valence-corrected chi connectivity index (χ4v) is 3.60. The van der Waals surface area contributed by atoms with Crippen LogP contribution in [0.25, 0.3) is 0 Å². The number of carbonyl (C=O) groups excluding carboxylic acids is 1. The fraction of sp³-hybridized carbons (Fsp3) is 0.417. The SMILES string of the molecule is Cc1cc(C(=O)NCC(C)C)cc(S(=O)(=O)Cl)c1Br. The number of hydrogen-bond donors (Lipinski definition) is 1. The Kier molecular flexibility index (Phi) is 5.41. The van der Waals surface area contributed by atoms with E-state index in [1.807, 2.05) is 13.8 Å². The van der Waals surface area contributed by atoms with E-state index in [0.29, 0.717) is 22.5 Å². The Morgan fingerprint density at radius 3 is 2.47 bits per heavy atom. The molecule has 1 aromatic carbocycles. The first-order chi connectivity index (χ1) is 8.62. The summed E-state index contributed by atoms with van der Waals surface area (Å²) in [7, 11) is 1.45. The van der Waals surface area contributed by atoms with Crippen LogP contribution in [0.1, 0.15) is 29.8 Å². The fourth-order valence-electron chi connectivity index (χ4n) is 1.44. The maximum atomic E-state index is 11.9. The van der Waals surface area contributed by atoms with Gasteiger partial charge in [0.05, 0.1) is 4.90 Å². The van der Waals surface area contributed by atoms with Crippen molar-refractivity contribution < 1.29 is 13.2 Å². The number of aryl methyl sites for hydroxylation is 1. The molecule has 0 aromatic heterocycles. The molecular weight excluding hydrogens is 354 g/mol. The highest BCUT2D eigenvalue weighted by molar-refractivity contribution is 9.10. The Morgan fingerprint density at radius 1 is 1.42 bits per heavy atom. The van der Waals surface area contributed by atoms with Gasteiger partial charge < -0.3 is 5.32 Å². The van der Waals surface area contributed by atoms with Crippen molar-refractivity contribution in [1.29, 1.82) is 0 Å². The number of rotatable bonds is 4. The molecule has 0 aliphatic carbocycles. The molecule has 0 heterocycles. The first-order valence-corrected chi connectivity index (χ1v) is 8.76. The lowest BCUT2D eigenvalue weighted by Gasteiger charge is -2.10. The summed E-state index contributed by atoms with van der Waals surface area (Å²) in [6, 6.07) is 2.89. The zero-order valence-corrected chi connectivity index (χ0v) is 14.0. The maximum absolute atomic E-state index is 11.9. The van der Waals surface area contributed by atoms with E-state index in [9.17, 15) is 13.2 Å². The molecule has 0 saturated carbocycles. The van der Waals surface area contributed by atoms with E-state index >= 15 is 0 Å². The summed E-state index contributed by atoms with van der Waals surface area (Å²) in [4.78, 5) is 11.8. The van der Waals surface area contributed by atoms with Crippen LogP contribution < -0.4 is 5.32 Å². The van der Waals surface area contributed by atoms with Crippen molar-refractivity contribution in [3.05, 3.63) is 27.7 Å².